The van der Waals surface area contributed by atoms with Gasteiger partial charge in [-0.25, -0.2) is 0 Å². The van der Waals surface area contributed by atoms with Crippen molar-refractivity contribution >= 4 is 5.78 Å². The third kappa shape index (κ3) is 2.93. The van der Waals surface area contributed by atoms with Crippen LogP contribution in [0.2, 0.25) is 0 Å². The summed E-state index contributed by atoms with van der Waals surface area (Å²) in [6.07, 6.45) is 1.12. The lowest BCUT2D eigenvalue weighted by Gasteiger charge is -2.01. The van der Waals surface area contributed by atoms with Crippen molar-refractivity contribution in [3.63, 3.8) is 0 Å². The highest BCUT2D eigenvalue weighted by Crippen LogP contribution is 2.13. The van der Waals surface area contributed by atoms with Crippen molar-refractivity contribution < 1.29 is 9.53 Å². The quantitative estimate of drug-likeness (QED) is 0.341. The molecule has 1 aromatic rings. The number of nitrogens with zero attached hydrogens (tertiary/aromatic N) is 2. The predicted octanol–water partition coefficient (Wildman–Crippen LogP) is 2.18. The van der Waals surface area contributed by atoms with Crippen molar-refractivity contribution in [2.75, 3.05) is 6.61 Å². The Bertz CT molecular complexity index is 533. The maximum atomic E-state index is 11.9. The minimum Gasteiger partial charge on any atom is -0.500 e. The number of Topliss-reactive ketones (excluding diaryl/α,β-unsaturated/α-hetero) is 1. The van der Waals surface area contributed by atoms with Gasteiger partial charge in [-0.3, -0.25) is 4.79 Å². The number of ether oxygens (including phenoxy) is 1. The highest BCUT2D eigenvalue weighted by atomic mass is 16.5. The summed E-state index contributed by atoms with van der Waals surface area (Å²) in [4.78, 5) is 11.9. The van der Waals surface area contributed by atoms with Crippen LogP contribution in [0.1, 0.15) is 22.8 Å². The van der Waals surface area contributed by atoms with Crippen molar-refractivity contribution in [1.29, 1.82) is 10.5 Å². The van der Waals surface area contributed by atoms with Gasteiger partial charge in [0.1, 0.15) is 17.9 Å². The second kappa shape index (κ2) is 6.09. The number of carbonyl (C=O) groups excluding carboxylic acids is 1. The number of nitriles is 2. The number of allylic oxidation sites excluding steroid dienone is 1. The maximum absolute atomic E-state index is 11.9. The van der Waals surface area contributed by atoms with E-state index in [1.807, 2.05) is 6.07 Å². The van der Waals surface area contributed by atoms with Crippen LogP contribution in [0.4, 0.5) is 0 Å². The Kier molecular flexibility index (Phi) is 4.47. The summed E-state index contributed by atoms with van der Waals surface area (Å²) in [5.41, 5.74) is 0.340. The fraction of sp³-hybridized carbons (Fsp3) is 0.154. The van der Waals surface area contributed by atoms with Crippen LogP contribution in [0.5, 0.6) is 0 Å². The van der Waals surface area contributed by atoms with Crippen LogP contribution in [0.25, 0.3) is 0 Å². The second-order valence-electron chi connectivity index (χ2n) is 3.09. The van der Waals surface area contributed by atoms with Crippen LogP contribution in [-0.4, -0.2) is 12.4 Å². The van der Waals surface area contributed by atoms with Crippen LogP contribution in [0.3, 0.4) is 0 Å². The van der Waals surface area contributed by atoms with Crippen molar-refractivity contribution in [1.82, 2.24) is 0 Å². The standard InChI is InChI=1S/C13H10N2O2/c1-2-17-9-11(8-15)13(16)12-6-4-3-5-10(12)7-14/h3-6,9H,2H2,1H3/b11-9+. The number of rotatable bonds is 4. The first-order valence-corrected chi connectivity index (χ1v) is 5.00. The third-order valence-electron chi connectivity index (χ3n) is 2.03. The Morgan fingerprint density at radius 2 is 2.12 bits per heavy atom. The van der Waals surface area contributed by atoms with E-state index in [0.717, 1.165) is 6.26 Å². The van der Waals surface area contributed by atoms with Gasteiger partial charge in [-0.2, -0.15) is 10.5 Å². The van der Waals surface area contributed by atoms with Gasteiger partial charge in [-0.15, -0.1) is 0 Å². The summed E-state index contributed by atoms with van der Waals surface area (Å²) in [5, 5.41) is 17.7. The predicted molar refractivity (Wildman–Crippen MR) is 60.8 cm³/mol. The van der Waals surface area contributed by atoms with Gasteiger partial charge in [0.05, 0.1) is 18.2 Å². The van der Waals surface area contributed by atoms with Crippen molar-refractivity contribution in [3.8, 4) is 12.1 Å². The normalized spacial score (nSPS) is 10.2. The first kappa shape index (κ1) is 12.5. The molecule has 17 heavy (non-hydrogen) atoms. The number of hydrogen-bond donors (Lipinski definition) is 0. The van der Waals surface area contributed by atoms with Crippen LogP contribution in [-0.2, 0) is 4.74 Å². The largest absolute Gasteiger partial charge is 0.500 e. The molecule has 0 heterocycles. The molecular formula is C13H10N2O2. The zero-order valence-electron chi connectivity index (χ0n) is 9.30. The molecule has 0 bridgehead atoms. The van der Waals surface area contributed by atoms with E-state index >= 15 is 0 Å². The van der Waals surface area contributed by atoms with Crippen molar-refractivity contribution in [2.24, 2.45) is 0 Å². The molecule has 0 aromatic heterocycles. The van der Waals surface area contributed by atoms with E-state index in [-0.39, 0.29) is 16.7 Å². The first-order valence-electron chi connectivity index (χ1n) is 5.00. The summed E-state index contributed by atoms with van der Waals surface area (Å²) in [7, 11) is 0. The smallest absolute Gasteiger partial charge is 0.208 e. The molecule has 4 heteroatoms. The Hall–Kier alpha value is -2.59. The lowest BCUT2D eigenvalue weighted by Crippen LogP contribution is -2.05. The molecule has 0 fully saturated rings. The fourth-order valence-corrected chi connectivity index (χ4v) is 1.22. The molecule has 0 saturated heterocycles. The van der Waals surface area contributed by atoms with Crippen molar-refractivity contribution in [3.05, 3.63) is 47.2 Å². The number of ketones is 1. The van der Waals surface area contributed by atoms with Crippen LogP contribution in [0.15, 0.2) is 36.1 Å². The minimum atomic E-state index is -0.502. The second-order valence-corrected chi connectivity index (χ2v) is 3.09. The van der Waals surface area contributed by atoms with Crippen LogP contribution < -0.4 is 0 Å². The lowest BCUT2D eigenvalue weighted by atomic mass is 10.0. The van der Waals surface area contributed by atoms with Gasteiger partial charge in [0.15, 0.2) is 0 Å². The third-order valence-corrected chi connectivity index (χ3v) is 2.03. The molecule has 0 atom stereocenters. The summed E-state index contributed by atoms with van der Waals surface area (Å²) >= 11 is 0. The summed E-state index contributed by atoms with van der Waals surface area (Å²) in [5.74, 6) is -0.502. The molecule has 0 N–H and O–H groups in total. The molecule has 0 saturated carbocycles. The van der Waals surface area contributed by atoms with Gasteiger partial charge < -0.3 is 4.74 Å². The molecular weight excluding hydrogens is 216 g/mol. The Labute approximate surface area is 99.4 Å². The molecule has 1 rings (SSSR count). The first-order chi connectivity index (χ1) is 8.24. The van der Waals surface area contributed by atoms with Gasteiger partial charge in [0.2, 0.25) is 5.78 Å². The molecule has 4 nitrogen and oxygen atoms in total. The molecule has 0 radical (unpaired) electrons. The topological polar surface area (TPSA) is 73.9 Å². The summed E-state index contributed by atoms with van der Waals surface area (Å²) < 4.78 is 4.91. The molecule has 0 amide bonds. The SMILES string of the molecule is CCO/C=C(\C#N)C(=O)c1ccccc1C#N. The van der Waals surface area contributed by atoms with Gasteiger partial charge in [-0.05, 0) is 19.1 Å². The van der Waals surface area contributed by atoms with Gasteiger partial charge >= 0.3 is 0 Å². The number of carbonyl (C=O) groups is 1. The van der Waals surface area contributed by atoms with E-state index in [2.05, 4.69) is 0 Å². The molecule has 0 aliphatic carbocycles. The van der Waals surface area contributed by atoms with E-state index in [9.17, 15) is 4.79 Å². The van der Waals surface area contributed by atoms with Crippen LogP contribution in [0, 0.1) is 22.7 Å². The highest BCUT2D eigenvalue weighted by molar-refractivity contribution is 6.12. The molecule has 84 valence electrons. The van der Waals surface area contributed by atoms with E-state index < -0.39 is 5.78 Å². The Balaban J connectivity index is 3.13. The van der Waals surface area contributed by atoms with E-state index in [1.54, 1.807) is 25.1 Å². The summed E-state index contributed by atoms with van der Waals surface area (Å²) in [6.45, 7) is 2.12. The van der Waals surface area contributed by atoms with Gasteiger partial charge in [0, 0.05) is 5.56 Å². The molecule has 0 unspecified atom stereocenters. The maximum Gasteiger partial charge on any atom is 0.208 e. The van der Waals surface area contributed by atoms with Crippen molar-refractivity contribution in [2.45, 2.75) is 6.92 Å². The molecule has 0 aliphatic heterocycles. The average Bonchev–Trinajstić information content (AvgIpc) is 2.39. The Morgan fingerprint density at radius 1 is 1.41 bits per heavy atom. The lowest BCUT2D eigenvalue weighted by molar-refractivity contribution is 0.103. The Morgan fingerprint density at radius 3 is 2.71 bits per heavy atom. The van der Waals surface area contributed by atoms with E-state index in [0.29, 0.717) is 6.61 Å². The molecule has 0 spiro atoms. The van der Waals surface area contributed by atoms with Gasteiger partial charge in [0.25, 0.3) is 0 Å². The van der Waals surface area contributed by atoms with Gasteiger partial charge in [-0.1, -0.05) is 12.1 Å². The zero-order valence-corrected chi connectivity index (χ0v) is 9.30. The minimum absolute atomic E-state index is 0.116. The fourth-order valence-electron chi connectivity index (χ4n) is 1.22. The molecule has 1 aromatic carbocycles. The monoisotopic (exact) mass is 226 g/mol. The van der Waals surface area contributed by atoms with E-state index in [1.165, 1.54) is 12.1 Å². The highest BCUT2D eigenvalue weighted by Gasteiger charge is 2.15. The van der Waals surface area contributed by atoms with E-state index in [4.69, 9.17) is 15.3 Å². The zero-order chi connectivity index (χ0) is 12.7. The summed E-state index contributed by atoms with van der Waals surface area (Å²) in [6, 6.07) is 10.0. The van der Waals surface area contributed by atoms with Crippen LogP contribution >= 0.6 is 0 Å². The number of benzene rings is 1. The average molecular weight is 226 g/mol. The number of hydrogen-bond acceptors (Lipinski definition) is 4. The molecule has 0 aliphatic rings.